The molecule has 0 aliphatic carbocycles. The second-order valence-electron chi connectivity index (χ2n) is 3.19. The molecule has 0 aromatic carbocycles. The van der Waals surface area contributed by atoms with Gasteiger partial charge in [0.05, 0.1) is 6.42 Å². The fourth-order valence-corrected chi connectivity index (χ4v) is 1.04. The normalized spacial score (nSPS) is 9.81. The number of aromatic nitrogens is 4. The fraction of sp³-hybridized carbons (Fsp3) is 0.625. The molecule has 0 unspecified atom stereocenters. The number of amides is 2. The molecule has 0 fully saturated rings. The number of nitrogens with zero attached hydrogens (tertiary/aromatic N) is 3. The first-order valence-electron chi connectivity index (χ1n) is 4.92. The predicted octanol–water partition coefficient (Wildman–Crippen LogP) is -1.62. The number of rotatable bonds is 6. The lowest BCUT2D eigenvalue weighted by molar-refractivity contribution is -0.120. The van der Waals surface area contributed by atoms with Gasteiger partial charge in [0.25, 0.3) is 0 Å². The minimum absolute atomic E-state index is 0.0712. The molecule has 0 atom stereocenters. The number of hydrogen-bond donors (Lipinski definition) is 3. The Bertz CT molecular complexity index is 336. The second kappa shape index (κ2) is 6.49. The Kier molecular flexibility index (Phi) is 4.90. The van der Waals surface area contributed by atoms with Crippen molar-refractivity contribution in [3.63, 3.8) is 0 Å². The van der Waals surface area contributed by atoms with Gasteiger partial charge < -0.3 is 10.6 Å². The molecule has 3 N–H and O–H groups in total. The van der Waals surface area contributed by atoms with Gasteiger partial charge in [0.1, 0.15) is 0 Å². The maximum atomic E-state index is 11.3. The van der Waals surface area contributed by atoms with E-state index in [2.05, 4.69) is 31.3 Å². The Morgan fingerprint density at radius 3 is 2.69 bits per heavy atom. The van der Waals surface area contributed by atoms with E-state index in [4.69, 9.17) is 0 Å². The van der Waals surface area contributed by atoms with Crippen molar-refractivity contribution in [1.29, 1.82) is 0 Å². The maximum Gasteiger partial charge on any atom is 0.227 e. The van der Waals surface area contributed by atoms with E-state index in [1.165, 1.54) is 6.92 Å². The Balaban J connectivity index is 2.05. The summed E-state index contributed by atoms with van der Waals surface area (Å²) in [6.07, 6.45) is 0.800. The number of tetrazole rings is 1. The lowest BCUT2D eigenvalue weighted by Gasteiger charge is -2.03. The first kappa shape index (κ1) is 12.1. The number of nitrogens with one attached hydrogen (secondary N) is 3. The molecule has 8 nitrogen and oxygen atoms in total. The van der Waals surface area contributed by atoms with E-state index in [9.17, 15) is 9.59 Å². The van der Waals surface area contributed by atoms with Gasteiger partial charge in [0.15, 0.2) is 5.82 Å². The molecule has 2 amide bonds. The highest BCUT2D eigenvalue weighted by Crippen LogP contribution is 1.85. The zero-order valence-electron chi connectivity index (χ0n) is 8.99. The summed E-state index contributed by atoms with van der Waals surface area (Å²) in [4.78, 5) is 21.8. The van der Waals surface area contributed by atoms with E-state index in [0.29, 0.717) is 25.3 Å². The summed E-state index contributed by atoms with van der Waals surface area (Å²) in [5, 5.41) is 18.2. The van der Waals surface area contributed by atoms with Gasteiger partial charge in [-0.1, -0.05) is 5.21 Å². The van der Waals surface area contributed by atoms with Crippen LogP contribution >= 0.6 is 0 Å². The molecule has 0 aliphatic heterocycles. The van der Waals surface area contributed by atoms with E-state index in [0.717, 1.165) is 0 Å². The van der Waals surface area contributed by atoms with Crippen LogP contribution in [-0.4, -0.2) is 45.5 Å². The largest absolute Gasteiger partial charge is 0.356 e. The Morgan fingerprint density at radius 1 is 1.31 bits per heavy atom. The second-order valence-corrected chi connectivity index (χ2v) is 3.19. The first-order chi connectivity index (χ1) is 7.68. The van der Waals surface area contributed by atoms with Gasteiger partial charge >= 0.3 is 0 Å². The van der Waals surface area contributed by atoms with Gasteiger partial charge in [-0.2, -0.15) is 5.21 Å². The fourth-order valence-electron chi connectivity index (χ4n) is 1.04. The molecule has 0 radical (unpaired) electrons. The van der Waals surface area contributed by atoms with Crippen LogP contribution in [0.15, 0.2) is 0 Å². The van der Waals surface area contributed by atoms with E-state index in [-0.39, 0.29) is 18.2 Å². The summed E-state index contributed by atoms with van der Waals surface area (Å²) in [5.74, 6) is 0.127. The van der Waals surface area contributed by atoms with Crippen LogP contribution < -0.4 is 10.6 Å². The van der Waals surface area contributed by atoms with Crippen molar-refractivity contribution in [3.05, 3.63) is 5.82 Å². The molecule has 8 heteroatoms. The number of carbonyl (C=O) groups is 2. The first-order valence-corrected chi connectivity index (χ1v) is 4.92. The monoisotopic (exact) mass is 226 g/mol. The molecule has 16 heavy (non-hydrogen) atoms. The average molecular weight is 226 g/mol. The van der Waals surface area contributed by atoms with Crippen LogP contribution in [-0.2, 0) is 16.0 Å². The summed E-state index contributed by atoms with van der Waals surface area (Å²) in [6.45, 7) is 2.52. The molecule has 0 spiro atoms. The summed E-state index contributed by atoms with van der Waals surface area (Å²) in [7, 11) is 0. The van der Waals surface area contributed by atoms with Gasteiger partial charge in [-0.3, -0.25) is 9.59 Å². The summed E-state index contributed by atoms with van der Waals surface area (Å²) in [5.41, 5.74) is 0. The van der Waals surface area contributed by atoms with Crippen LogP contribution in [0.1, 0.15) is 19.2 Å². The summed E-state index contributed by atoms with van der Waals surface area (Å²) < 4.78 is 0. The zero-order valence-corrected chi connectivity index (χ0v) is 8.99. The van der Waals surface area contributed by atoms with Crippen LogP contribution in [0.5, 0.6) is 0 Å². The Labute approximate surface area is 92.2 Å². The molecule has 0 saturated heterocycles. The number of carbonyl (C=O) groups excluding carboxylic acids is 2. The van der Waals surface area contributed by atoms with Crippen molar-refractivity contribution in [2.45, 2.75) is 19.8 Å². The van der Waals surface area contributed by atoms with E-state index >= 15 is 0 Å². The molecule has 1 aromatic rings. The van der Waals surface area contributed by atoms with Gasteiger partial charge in [-0.05, 0) is 6.42 Å². The number of H-pyrrole nitrogens is 1. The van der Waals surface area contributed by atoms with E-state index in [1.807, 2.05) is 0 Å². The molecule has 0 bridgehead atoms. The van der Waals surface area contributed by atoms with E-state index in [1.54, 1.807) is 0 Å². The van der Waals surface area contributed by atoms with Gasteiger partial charge in [-0.25, -0.2) is 0 Å². The third-order valence-electron chi connectivity index (χ3n) is 1.76. The minimum Gasteiger partial charge on any atom is -0.356 e. The van der Waals surface area contributed by atoms with Crippen LogP contribution in [0.4, 0.5) is 0 Å². The smallest absolute Gasteiger partial charge is 0.227 e. The summed E-state index contributed by atoms with van der Waals surface area (Å²) in [6, 6.07) is 0. The van der Waals surface area contributed by atoms with Crippen LogP contribution in [0, 0.1) is 0 Å². The third kappa shape index (κ3) is 5.03. The lowest BCUT2D eigenvalue weighted by atomic mass is 10.3. The SMILES string of the molecule is CC(=O)NCCCNC(=O)Cc1nn[nH]n1. The minimum atomic E-state index is -0.163. The van der Waals surface area contributed by atoms with Crippen molar-refractivity contribution in [2.24, 2.45) is 0 Å². The molecule has 0 aliphatic rings. The van der Waals surface area contributed by atoms with Crippen molar-refractivity contribution in [1.82, 2.24) is 31.3 Å². The average Bonchev–Trinajstić information content (AvgIpc) is 2.69. The molecule has 1 aromatic heterocycles. The Morgan fingerprint density at radius 2 is 2.06 bits per heavy atom. The number of aromatic amines is 1. The lowest BCUT2D eigenvalue weighted by Crippen LogP contribution is -2.29. The van der Waals surface area contributed by atoms with Crippen molar-refractivity contribution in [2.75, 3.05) is 13.1 Å². The topological polar surface area (TPSA) is 113 Å². The predicted molar refractivity (Wildman–Crippen MR) is 54.2 cm³/mol. The van der Waals surface area contributed by atoms with E-state index < -0.39 is 0 Å². The molecule has 0 saturated carbocycles. The summed E-state index contributed by atoms with van der Waals surface area (Å²) >= 11 is 0. The highest BCUT2D eigenvalue weighted by Gasteiger charge is 2.05. The standard InChI is InChI=1S/C8H14N6O2/c1-6(15)9-3-2-4-10-8(16)5-7-11-13-14-12-7/h2-5H2,1H3,(H,9,15)(H,10,16)(H,11,12,13,14). The Hall–Kier alpha value is -1.99. The third-order valence-corrected chi connectivity index (χ3v) is 1.76. The number of hydrogen-bond acceptors (Lipinski definition) is 5. The van der Waals surface area contributed by atoms with Crippen LogP contribution in [0.2, 0.25) is 0 Å². The van der Waals surface area contributed by atoms with Crippen molar-refractivity contribution in [3.8, 4) is 0 Å². The molecule has 1 rings (SSSR count). The van der Waals surface area contributed by atoms with Gasteiger partial charge in [0, 0.05) is 20.0 Å². The van der Waals surface area contributed by atoms with Gasteiger partial charge in [-0.15, -0.1) is 10.2 Å². The van der Waals surface area contributed by atoms with Crippen LogP contribution in [0.3, 0.4) is 0 Å². The maximum absolute atomic E-state index is 11.3. The quantitative estimate of drug-likeness (QED) is 0.505. The zero-order chi connectivity index (χ0) is 11.8. The molecule has 1 heterocycles. The van der Waals surface area contributed by atoms with Crippen molar-refractivity contribution < 1.29 is 9.59 Å². The molecule has 88 valence electrons. The molecular weight excluding hydrogens is 212 g/mol. The highest BCUT2D eigenvalue weighted by molar-refractivity contribution is 5.77. The highest BCUT2D eigenvalue weighted by atomic mass is 16.2. The van der Waals surface area contributed by atoms with Crippen molar-refractivity contribution >= 4 is 11.8 Å². The molecular formula is C8H14N6O2. The van der Waals surface area contributed by atoms with Crippen LogP contribution in [0.25, 0.3) is 0 Å². The van der Waals surface area contributed by atoms with Gasteiger partial charge in [0.2, 0.25) is 11.8 Å².